The van der Waals surface area contributed by atoms with Crippen LogP contribution in [0, 0.1) is 5.82 Å². The van der Waals surface area contributed by atoms with Gasteiger partial charge in [-0.25, -0.2) is 12.8 Å². The summed E-state index contributed by atoms with van der Waals surface area (Å²) in [4.78, 5) is 14.4. The normalized spacial score (nSPS) is 15.4. The molecule has 0 bridgehead atoms. The van der Waals surface area contributed by atoms with Crippen molar-refractivity contribution in [3.8, 4) is 0 Å². The Hall–Kier alpha value is -1.77. The predicted octanol–water partition coefficient (Wildman–Crippen LogP) is 2.94. The average molecular weight is 382 g/mol. The van der Waals surface area contributed by atoms with E-state index in [1.54, 1.807) is 24.6 Å². The average Bonchev–Trinajstić information content (AvgIpc) is 3.26. The van der Waals surface area contributed by atoms with Gasteiger partial charge in [-0.15, -0.1) is 11.3 Å². The van der Waals surface area contributed by atoms with Gasteiger partial charge in [0.2, 0.25) is 10.0 Å². The summed E-state index contributed by atoms with van der Waals surface area (Å²) in [5.74, 6) is -0.746. The Morgan fingerprint density at radius 2 is 2.00 bits per heavy atom. The van der Waals surface area contributed by atoms with Crippen molar-refractivity contribution in [3.05, 3.63) is 52.0 Å². The van der Waals surface area contributed by atoms with Crippen LogP contribution in [0.4, 0.5) is 4.39 Å². The highest BCUT2D eigenvalue weighted by molar-refractivity contribution is 7.89. The van der Waals surface area contributed by atoms with E-state index in [0.717, 1.165) is 24.2 Å². The minimum absolute atomic E-state index is 0.0653. The predicted molar refractivity (Wildman–Crippen MR) is 94.5 cm³/mol. The fourth-order valence-corrected chi connectivity index (χ4v) is 5.78. The number of sulfonamides is 1. The number of benzene rings is 1. The first-order valence-electron chi connectivity index (χ1n) is 7.97. The van der Waals surface area contributed by atoms with E-state index >= 15 is 0 Å². The lowest BCUT2D eigenvalue weighted by Crippen LogP contribution is -2.31. The van der Waals surface area contributed by atoms with Gasteiger partial charge in [-0.2, -0.15) is 4.31 Å². The van der Waals surface area contributed by atoms with E-state index in [-0.39, 0.29) is 28.0 Å². The number of thiophene rings is 1. The Labute approximate surface area is 150 Å². The van der Waals surface area contributed by atoms with Gasteiger partial charge >= 0.3 is 0 Å². The molecule has 5 nitrogen and oxygen atoms in total. The van der Waals surface area contributed by atoms with Crippen LogP contribution < -0.4 is 0 Å². The van der Waals surface area contributed by atoms with Crippen molar-refractivity contribution >= 4 is 27.3 Å². The SMILES string of the molecule is CN(Cc1cccc(F)c1)C(=O)c1sccc1S(=O)(=O)N1CCCC1. The molecular formula is C17H19FN2O3S2. The van der Waals surface area contributed by atoms with Crippen molar-refractivity contribution in [1.82, 2.24) is 9.21 Å². The highest BCUT2D eigenvalue weighted by atomic mass is 32.2. The number of nitrogens with zero attached hydrogens (tertiary/aromatic N) is 2. The molecule has 1 aromatic heterocycles. The highest BCUT2D eigenvalue weighted by Gasteiger charge is 2.32. The van der Waals surface area contributed by atoms with Gasteiger partial charge in [-0.1, -0.05) is 12.1 Å². The van der Waals surface area contributed by atoms with Crippen LogP contribution in [0.5, 0.6) is 0 Å². The van der Waals surface area contributed by atoms with Crippen LogP contribution in [-0.4, -0.2) is 43.7 Å². The second-order valence-corrected chi connectivity index (χ2v) is 8.84. The Balaban J connectivity index is 1.82. The Bertz CT molecular complexity index is 874. The lowest BCUT2D eigenvalue weighted by atomic mass is 10.2. The van der Waals surface area contributed by atoms with Crippen LogP contribution in [0.25, 0.3) is 0 Å². The quantitative estimate of drug-likeness (QED) is 0.799. The number of carbonyl (C=O) groups excluding carboxylic acids is 1. The molecule has 0 radical (unpaired) electrons. The smallest absolute Gasteiger partial charge is 0.265 e. The molecular weight excluding hydrogens is 363 g/mol. The molecule has 3 rings (SSSR count). The first-order chi connectivity index (χ1) is 11.9. The van der Waals surface area contributed by atoms with Crippen molar-refractivity contribution < 1.29 is 17.6 Å². The van der Waals surface area contributed by atoms with E-state index in [0.29, 0.717) is 18.7 Å². The van der Waals surface area contributed by atoms with Gasteiger partial charge in [-0.05, 0) is 42.0 Å². The van der Waals surface area contributed by atoms with Gasteiger partial charge in [0.15, 0.2) is 0 Å². The zero-order valence-electron chi connectivity index (χ0n) is 13.8. The molecule has 2 aromatic rings. The fourth-order valence-electron chi connectivity index (χ4n) is 2.88. The molecule has 8 heteroatoms. The van der Waals surface area contributed by atoms with E-state index in [1.165, 1.54) is 27.4 Å². The summed E-state index contributed by atoms with van der Waals surface area (Å²) < 4.78 is 40.2. The monoisotopic (exact) mass is 382 g/mol. The summed E-state index contributed by atoms with van der Waals surface area (Å²) in [7, 11) is -2.07. The van der Waals surface area contributed by atoms with Crippen LogP contribution in [0.1, 0.15) is 28.1 Å². The van der Waals surface area contributed by atoms with Crippen molar-refractivity contribution in [2.45, 2.75) is 24.3 Å². The van der Waals surface area contributed by atoms with Crippen molar-refractivity contribution in [2.24, 2.45) is 0 Å². The number of amides is 1. The first-order valence-corrected chi connectivity index (χ1v) is 10.3. The Morgan fingerprint density at radius 3 is 2.68 bits per heavy atom. The molecule has 0 saturated carbocycles. The van der Waals surface area contributed by atoms with Crippen LogP contribution in [0.15, 0.2) is 40.6 Å². The standard InChI is InChI=1S/C17H19FN2O3S2/c1-19(12-13-5-4-6-14(18)11-13)17(21)16-15(7-10-24-16)25(22,23)20-8-2-3-9-20/h4-7,10-11H,2-3,8-9,12H2,1H3. The molecule has 25 heavy (non-hydrogen) atoms. The summed E-state index contributed by atoms with van der Waals surface area (Å²) in [6.07, 6.45) is 1.68. The Kier molecular flexibility index (Phi) is 5.21. The number of hydrogen-bond donors (Lipinski definition) is 0. The van der Waals surface area contributed by atoms with Crippen LogP contribution >= 0.6 is 11.3 Å². The van der Waals surface area contributed by atoms with E-state index in [1.807, 2.05) is 0 Å². The number of carbonyl (C=O) groups is 1. The molecule has 1 amide bonds. The summed E-state index contributed by atoms with van der Waals surface area (Å²) in [5.41, 5.74) is 0.649. The van der Waals surface area contributed by atoms with Gasteiger partial charge in [0, 0.05) is 26.7 Å². The summed E-state index contributed by atoms with van der Waals surface area (Å²) in [5, 5.41) is 1.62. The third kappa shape index (κ3) is 3.75. The lowest BCUT2D eigenvalue weighted by molar-refractivity contribution is 0.0786. The van der Waals surface area contributed by atoms with E-state index in [4.69, 9.17) is 0 Å². The number of rotatable bonds is 5. The molecule has 0 atom stereocenters. The summed E-state index contributed by atoms with van der Waals surface area (Å²) in [6, 6.07) is 7.49. The van der Waals surface area contributed by atoms with Crippen LogP contribution in [0.2, 0.25) is 0 Å². The van der Waals surface area contributed by atoms with E-state index < -0.39 is 10.0 Å². The molecule has 1 fully saturated rings. The molecule has 134 valence electrons. The van der Waals surface area contributed by atoms with Crippen LogP contribution in [-0.2, 0) is 16.6 Å². The maximum absolute atomic E-state index is 13.3. The molecule has 0 spiro atoms. The molecule has 2 heterocycles. The van der Waals surface area contributed by atoms with E-state index in [9.17, 15) is 17.6 Å². The Morgan fingerprint density at radius 1 is 1.28 bits per heavy atom. The van der Waals surface area contributed by atoms with Gasteiger partial charge in [0.1, 0.15) is 15.6 Å². The molecule has 0 aliphatic carbocycles. The first kappa shape index (κ1) is 18.0. The fraction of sp³-hybridized carbons (Fsp3) is 0.353. The molecule has 1 saturated heterocycles. The minimum atomic E-state index is -3.65. The van der Waals surface area contributed by atoms with Gasteiger partial charge < -0.3 is 4.90 Å². The zero-order valence-corrected chi connectivity index (χ0v) is 15.4. The summed E-state index contributed by atoms with van der Waals surface area (Å²) in [6.45, 7) is 1.19. The largest absolute Gasteiger partial charge is 0.337 e. The molecule has 1 aliphatic rings. The summed E-state index contributed by atoms with van der Waals surface area (Å²) >= 11 is 1.11. The zero-order chi connectivity index (χ0) is 18.0. The van der Waals surface area contributed by atoms with Gasteiger partial charge in [0.25, 0.3) is 5.91 Å². The topological polar surface area (TPSA) is 57.7 Å². The second kappa shape index (κ2) is 7.23. The van der Waals surface area contributed by atoms with Crippen LogP contribution in [0.3, 0.4) is 0 Å². The molecule has 1 aromatic carbocycles. The maximum atomic E-state index is 13.3. The van der Waals surface area contributed by atoms with Gasteiger partial charge in [-0.3, -0.25) is 4.79 Å². The van der Waals surface area contributed by atoms with Gasteiger partial charge in [0.05, 0.1) is 0 Å². The third-order valence-electron chi connectivity index (χ3n) is 4.16. The van der Waals surface area contributed by atoms with Crippen molar-refractivity contribution in [2.75, 3.05) is 20.1 Å². The van der Waals surface area contributed by atoms with Crippen molar-refractivity contribution in [3.63, 3.8) is 0 Å². The molecule has 0 N–H and O–H groups in total. The van der Waals surface area contributed by atoms with E-state index in [2.05, 4.69) is 0 Å². The minimum Gasteiger partial charge on any atom is -0.337 e. The third-order valence-corrected chi connectivity index (χ3v) is 7.13. The number of hydrogen-bond acceptors (Lipinski definition) is 4. The lowest BCUT2D eigenvalue weighted by Gasteiger charge is -2.19. The van der Waals surface area contributed by atoms with Crippen molar-refractivity contribution in [1.29, 1.82) is 0 Å². The molecule has 1 aliphatic heterocycles. The second-order valence-electron chi connectivity index (χ2n) is 6.02. The number of halogens is 1. The molecule has 0 unspecified atom stereocenters. The maximum Gasteiger partial charge on any atom is 0.265 e. The highest BCUT2D eigenvalue weighted by Crippen LogP contribution is 2.28.